The molecule has 0 fully saturated rings. The number of phenolic OH excluding ortho intramolecular Hbond substituents is 4. The van der Waals surface area contributed by atoms with Crippen molar-refractivity contribution in [3.05, 3.63) is 47.5 Å². The molecule has 0 amide bonds. The number of hydrogen-bond acceptors (Lipinski definition) is 5. The largest absolute Gasteiger partial charge is 0.507 e. The molecule has 0 heterocycles. The van der Waals surface area contributed by atoms with Gasteiger partial charge in [0.15, 0.2) is 11.5 Å². The van der Waals surface area contributed by atoms with Crippen LogP contribution in [0.2, 0.25) is 0 Å². The first kappa shape index (κ1) is 11.8. The summed E-state index contributed by atoms with van der Waals surface area (Å²) < 4.78 is 0. The van der Waals surface area contributed by atoms with Crippen LogP contribution in [0.25, 0.3) is 0 Å². The first-order valence-corrected chi connectivity index (χ1v) is 5.09. The van der Waals surface area contributed by atoms with E-state index in [1.54, 1.807) is 0 Å². The Hall–Kier alpha value is -2.69. The van der Waals surface area contributed by atoms with Gasteiger partial charge < -0.3 is 20.4 Å². The van der Waals surface area contributed by atoms with Crippen molar-refractivity contribution < 1.29 is 25.2 Å². The number of rotatable bonds is 2. The number of aromatic hydroxyl groups is 4. The summed E-state index contributed by atoms with van der Waals surface area (Å²) in [5, 5.41) is 38.0. The van der Waals surface area contributed by atoms with E-state index in [-0.39, 0.29) is 11.3 Å². The van der Waals surface area contributed by atoms with Crippen molar-refractivity contribution in [2.45, 2.75) is 0 Å². The molecule has 5 heteroatoms. The molecular weight excluding hydrogens is 236 g/mol. The lowest BCUT2D eigenvalue weighted by atomic mass is 10.0. The molecule has 0 atom stereocenters. The van der Waals surface area contributed by atoms with Gasteiger partial charge in [0, 0.05) is 0 Å². The minimum absolute atomic E-state index is 0.0753. The fourth-order valence-corrected chi connectivity index (χ4v) is 1.59. The molecule has 0 saturated heterocycles. The van der Waals surface area contributed by atoms with Crippen molar-refractivity contribution in [3.63, 3.8) is 0 Å². The quantitative estimate of drug-likeness (QED) is 0.367. The zero-order valence-corrected chi connectivity index (χ0v) is 9.16. The van der Waals surface area contributed by atoms with Crippen molar-refractivity contribution in [1.82, 2.24) is 0 Å². The van der Waals surface area contributed by atoms with Gasteiger partial charge in [-0.15, -0.1) is 0 Å². The fourth-order valence-electron chi connectivity index (χ4n) is 1.59. The molecule has 2 aromatic carbocycles. The molecule has 5 nitrogen and oxygen atoms in total. The molecule has 0 unspecified atom stereocenters. The molecule has 0 bridgehead atoms. The summed E-state index contributed by atoms with van der Waals surface area (Å²) in [7, 11) is 0. The average molecular weight is 246 g/mol. The van der Waals surface area contributed by atoms with Crippen LogP contribution in [-0.4, -0.2) is 26.2 Å². The summed E-state index contributed by atoms with van der Waals surface area (Å²) in [6, 6.07) is 7.87. The molecule has 0 saturated carbocycles. The van der Waals surface area contributed by atoms with E-state index >= 15 is 0 Å². The molecule has 92 valence electrons. The van der Waals surface area contributed by atoms with E-state index < -0.39 is 28.6 Å². The van der Waals surface area contributed by atoms with E-state index in [9.17, 15) is 25.2 Å². The summed E-state index contributed by atoms with van der Waals surface area (Å²) in [5.74, 6) is -2.77. The van der Waals surface area contributed by atoms with Gasteiger partial charge in [0.05, 0.1) is 5.56 Å². The highest BCUT2D eigenvalue weighted by Gasteiger charge is 2.22. The maximum Gasteiger partial charge on any atom is 0.204 e. The molecule has 0 aliphatic heterocycles. The highest BCUT2D eigenvalue weighted by Crippen LogP contribution is 2.37. The highest BCUT2D eigenvalue weighted by molar-refractivity contribution is 6.14. The normalized spacial score (nSPS) is 10.2. The second kappa shape index (κ2) is 4.29. The molecule has 0 radical (unpaired) electrons. The number of ketones is 1. The van der Waals surface area contributed by atoms with Crippen LogP contribution >= 0.6 is 0 Å². The van der Waals surface area contributed by atoms with Crippen LogP contribution in [0.4, 0.5) is 0 Å². The topological polar surface area (TPSA) is 98.0 Å². The van der Waals surface area contributed by atoms with Crippen molar-refractivity contribution in [1.29, 1.82) is 0 Å². The first-order valence-electron chi connectivity index (χ1n) is 5.09. The predicted octanol–water partition coefficient (Wildman–Crippen LogP) is 1.74. The van der Waals surface area contributed by atoms with Gasteiger partial charge in [-0.25, -0.2) is 0 Å². The number of phenols is 4. The Morgan fingerprint density at radius 2 is 1.39 bits per heavy atom. The van der Waals surface area contributed by atoms with Gasteiger partial charge in [-0.2, -0.15) is 0 Å². The lowest BCUT2D eigenvalue weighted by Gasteiger charge is -2.08. The third kappa shape index (κ3) is 1.82. The molecule has 0 aliphatic rings. The Labute approximate surface area is 102 Å². The number of carbonyl (C=O) groups is 1. The van der Waals surface area contributed by atoms with Crippen LogP contribution in [0.1, 0.15) is 15.9 Å². The fraction of sp³-hybridized carbons (Fsp3) is 0. The van der Waals surface area contributed by atoms with E-state index in [0.29, 0.717) is 0 Å². The van der Waals surface area contributed by atoms with Gasteiger partial charge in [-0.1, -0.05) is 12.1 Å². The van der Waals surface area contributed by atoms with Crippen LogP contribution in [0.5, 0.6) is 23.0 Å². The number of carbonyl (C=O) groups excluding carboxylic acids is 1. The maximum atomic E-state index is 12.1. The van der Waals surface area contributed by atoms with E-state index in [1.807, 2.05) is 0 Å². The van der Waals surface area contributed by atoms with E-state index in [1.165, 1.54) is 24.3 Å². The summed E-state index contributed by atoms with van der Waals surface area (Å²) in [6.07, 6.45) is 0. The third-order valence-corrected chi connectivity index (χ3v) is 2.51. The van der Waals surface area contributed by atoms with Gasteiger partial charge in [-0.05, 0) is 24.3 Å². The molecule has 18 heavy (non-hydrogen) atoms. The summed E-state index contributed by atoms with van der Waals surface area (Å²) in [5.41, 5.74) is -0.523. The first-order chi connectivity index (χ1) is 8.52. The molecular formula is C13H10O5. The zero-order valence-electron chi connectivity index (χ0n) is 9.16. The van der Waals surface area contributed by atoms with Crippen LogP contribution < -0.4 is 0 Å². The van der Waals surface area contributed by atoms with Gasteiger partial charge in [-0.3, -0.25) is 4.79 Å². The second-order valence-corrected chi connectivity index (χ2v) is 3.67. The van der Waals surface area contributed by atoms with Crippen LogP contribution in [-0.2, 0) is 0 Å². The molecule has 0 aliphatic carbocycles. The van der Waals surface area contributed by atoms with Gasteiger partial charge in [0.25, 0.3) is 0 Å². The monoisotopic (exact) mass is 246 g/mol. The lowest BCUT2D eigenvalue weighted by molar-refractivity contribution is 0.103. The maximum absolute atomic E-state index is 12.1. The van der Waals surface area contributed by atoms with Crippen LogP contribution in [0.3, 0.4) is 0 Å². The number of para-hydroxylation sites is 1. The lowest BCUT2D eigenvalue weighted by Crippen LogP contribution is -2.02. The Balaban J connectivity index is 2.61. The van der Waals surface area contributed by atoms with Crippen LogP contribution in [0, 0.1) is 0 Å². The van der Waals surface area contributed by atoms with Gasteiger partial charge in [0.2, 0.25) is 5.78 Å². The molecule has 2 rings (SSSR count). The minimum atomic E-state index is -0.779. The second-order valence-electron chi connectivity index (χ2n) is 3.67. The van der Waals surface area contributed by atoms with E-state index in [2.05, 4.69) is 0 Å². The number of benzene rings is 2. The standard InChI is InChI=1S/C13H10O5/c14-8-4-2-1-3-7(8)12(17)11-9(15)5-6-10(16)13(11)18/h1-6,14-16,18H. The summed E-state index contributed by atoms with van der Waals surface area (Å²) >= 11 is 0. The molecule has 0 aromatic heterocycles. The molecule has 4 N–H and O–H groups in total. The predicted molar refractivity (Wildman–Crippen MR) is 63.0 cm³/mol. The third-order valence-electron chi connectivity index (χ3n) is 2.51. The Morgan fingerprint density at radius 1 is 0.778 bits per heavy atom. The van der Waals surface area contributed by atoms with Crippen molar-refractivity contribution in [2.24, 2.45) is 0 Å². The average Bonchev–Trinajstić information content (AvgIpc) is 2.35. The summed E-state index contributed by atoms with van der Waals surface area (Å²) in [4.78, 5) is 12.1. The van der Waals surface area contributed by atoms with Crippen molar-refractivity contribution in [2.75, 3.05) is 0 Å². The number of hydrogen-bond donors (Lipinski definition) is 4. The highest BCUT2D eigenvalue weighted by atomic mass is 16.3. The SMILES string of the molecule is O=C(c1ccccc1O)c1c(O)ccc(O)c1O. The minimum Gasteiger partial charge on any atom is -0.507 e. The smallest absolute Gasteiger partial charge is 0.204 e. The zero-order chi connectivity index (χ0) is 13.3. The van der Waals surface area contributed by atoms with Gasteiger partial charge >= 0.3 is 0 Å². The van der Waals surface area contributed by atoms with Crippen molar-refractivity contribution in [3.8, 4) is 23.0 Å². The Morgan fingerprint density at radius 3 is 2.06 bits per heavy atom. The van der Waals surface area contributed by atoms with E-state index in [0.717, 1.165) is 12.1 Å². The van der Waals surface area contributed by atoms with Gasteiger partial charge in [0.1, 0.15) is 17.1 Å². The Bertz CT molecular complexity index is 619. The van der Waals surface area contributed by atoms with E-state index in [4.69, 9.17) is 0 Å². The van der Waals surface area contributed by atoms with Crippen LogP contribution in [0.15, 0.2) is 36.4 Å². The summed E-state index contributed by atoms with van der Waals surface area (Å²) in [6.45, 7) is 0. The molecule has 0 spiro atoms. The van der Waals surface area contributed by atoms with Crippen molar-refractivity contribution >= 4 is 5.78 Å². The Kier molecular flexibility index (Phi) is 2.81. The molecule has 2 aromatic rings.